The summed E-state index contributed by atoms with van der Waals surface area (Å²) < 4.78 is 10.2. The summed E-state index contributed by atoms with van der Waals surface area (Å²) in [6.45, 7) is 3.27. The number of anilines is 2. The highest BCUT2D eigenvalue weighted by Crippen LogP contribution is 2.19. The van der Waals surface area contributed by atoms with Crippen LogP contribution >= 0.6 is 0 Å². The Balaban J connectivity index is 2.15. The summed E-state index contributed by atoms with van der Waals surface area (Å²) in [5.74, 6) is -1.20. The summed E-state index contributed by atoms with van der Waals surface area (Å²) >= 11 is 0. The molecule has 7 nitrogen and oxygen atoms in total. The number of hydrogen-bond acceptors (Lipinski definition) is 5. The van der Waals surface area contributed by atoms with Gasteiger partial charge in [-0.25, -0.2) is 4.79 Å². The number of esters is 1. The number of carbonyl (C=O) groups excluding carboxylic acids is 3. The van der Waals surface area contributed by atoms with E-state index in [9.17, 15) is 14.4 Å². The second-order valence-corrected chi connectivity index (χ2v) is 4.57. The Labute approximate surface area is 132 Å². The number of benzene rings is 1. The van der Waals surface area contributed by atoms with Crippen LogP contribution in [0.2, 0.25) is 0 Å². The summed E-state index contributed by atoms with van der Waals surface area (Å²) in [6, 6.07) is 9.38. The van der Waals surface area contributed by atoms with Gasteiger partial charge in [-0.2, -0.15) is 0 Å². The molecule has 0 saturated heterocycles. The van der Waals surface area contributed by atoms with Gasteiger partial charge < -0.3 is 14.5 Å². The van der Waals surface area contributed by atoms with Crippen molar-refractivity contribution in [3.63, 3.8) is 0 Å². The van der Waals surface area contributed by atoms with Gasteiger partial charge in [0.1, 0.15) is 0 Å². The Morgan fingerprint density at radius 2 is 1.83 bits per heavy atom. The molecule has 0 saturated carbocycles. The van der Waals surface area contributed by atoms with Crippen molar-refractivity contribution in [2.45, 2.75) is 13.8 Å². The minimum Gasteiger partial charge on any atom is -0.462 e. The van der Waals surface area contributed by atoms with Gasteiger partial charge >= 0.3 is 5.97 Å². The molecule has 2 aromatic rings. The molecular formula is C16H16N2O5. The second-order valence-electron chi connectivity index (χ2n) is 4.57. The lowest BCUT2D eigenvalue weighted by Gasteiger charge is -2.09. The van der Waals surface area contributed by atoms with Crippen LogP contribution in [0, 0.1) is 0 Å². The zero-order chi connectivity index (χ0) is 16.8. The summed E-state index contributed by atoms with van der Waals surface area (Å²) in [5.41, 5.74) is 0.560. The van der Waals surface area contributed by atoms with Gasteiger partial charge in [-0.15, -0.1) is 0 Å². The molecule has 0 radical (unpaired) electrons. The standard InChI is InChI=1S/C16H16N2O5/c1-3-22-16(21)11-6-4-5-7-12(11)18-15(20)13-8-9-14(23-13)17-10(2)19/h4-9H,3H2,1-2H3,(H,17,19)(H,18,20). The number of amides is 2. The van der Waals surface area contributed by atoms with E-state index in [0.29, 0.717) is 5.69 Å². The summed E-state index contributed by atoms with van der Waals surface area (Å²) in [4.78, 5) is 35.0. The molecule has 0 aliphatic carbocycles. The first kappa shape index (κ1) is 16.3. The number of hydrogen-bond donors (Lipinski definition) is 2. The van der Waals surface area contributed by atoms with Crippen LogP contribution in [0.15, 0.2) is 40.8 Å². The molecule has 1 aromatic carbocycles. The molecule has 2 amide bonds. The largest absolute Gasteiger partial charge is 0.462 e. The van der Waals surface area contributed by atoms with Crippen LogP contribution in [-0.2, 0) is 9.53 Å². The predicted molar refractivity (Wildman–Crippen MR) is 83.4 cm³/mol. The van der Waals surface area contributed by atoms with E-state index in [4.69, 9.17) is 9.15 Å². The van der Waals surface area contributed by atoms with Crippen LogP contribution in [0.1, 0.15) is 34.8 Å². The Kier molecular flexibility index (Phi) is 5.14. The molecule has 0 unspecified atom stereocenters. The zero-order valence-corrected chi connectivity index (χ0v) is 12.7. The van der Waals surface area contributed by atoms with Gasteiger partial charge in [0.15, 0.2) is 11.6 Å². The lowest BCUT2D eigenvalue weighted by molar-refractivity contribution is -0.114. The highest BCUT2D eigenvalue weighted by molar-refractivity contribution is 6.07. The molecule has 2 N–H and O–H groups in total. The molecule has 0 aliphatic heterocycles. The van der Waals surface area contributed by atoms with Crippen molar-refractivity contribution in [2.75, 3.05) is 17.2 Å². The van der Waals surface area contributed by atoms with Crippen LogP contribution in [0.5, 0.6) is 0 Å². The average Bonchev–Trinajstić information content (AvgIpc) is 2.96. The molecule has 120 valence electrons. The molecule has 7 heteroatoms. The fraction of sp³-hybridized carbons (Fsp3) is 0.188. The quantitative estimate of drug-likeness (QED) is 0.826. The van der Waals surface area contributed by atoms with Gasteiger partial charge in [0.05, 0.1) is 17.9 Å². The third-order valence-corrected chi connectivity index (χ3v) is 2.80. The molecule has 2 rings (SSSR count). The number of rotatable bonds is 5. The van der Waals surface area contributed by atoms with Crippen molar-refractivity contribution in [3.8, 4) is 0 Å². The van der Waals surface area contributed by atoms with Crippen molar-refractivity contribution in [3.05, 3.63) is 47.7 Å². The number of ether oxygens (including phenoxy) is 1. The number of carbonyl (C=O) groups is 3. The highest BCUT2D eigenvalue weighted by atomic mass is 16.5. The van der Waals surface area contributed by atoms with E-state index in [0.717, 1.165) is 0 Å². The molecule has 0 bridgehead atoms. The lowest BCUT2D eigenvalue weighted by Crippen LogP contribution is -2.15. The maximum absolute atomic E-state index is 12.2. The first-order valence-electron chi connectivity index (χ1n) is 6.96. The Morgan fingerprint density at radius 1 is 1.09 bits per heavy atom. The third kappa shape index (κ3) is 4.19. The second kappa shape index (κ2) is 7.26. The smallest absolute Gasteiger partial charge is 0.340 e. The topological polar surface area (TPSA) is 97.6 Å². The summed E-state index contributed by atoms with van der Waals surface area (Å²) in [5, 5.41) is 5.02. The summed E-state index contributed by atoms with van der Waals surface area (Å²) in [7, 11) is 0. The fourth-order valence-corrected chi connectivity index (χ4v) is 1.86. The Morgan fingerprint density at radius 3 is 2.52 bits per heavy atom. The molecule has 1 heterocycles. The SMILES string of the molecule is CCOC(=O)c1ccccc1NC(=O)c1ccc(NC(C)=O)o1. The van der Waals surface area contributed by atoms with Gasteiger partial charge in [-0.3, -0.25) is 14.9 Å². The van der Waals surface area contributed by atoms with Crippen molar-refractivity contribution in [1.29, 1.82) is 0 Å². The van der Waals surface area contributed by atoms with Gasteiger partial charge in [-0.05, 0) is 25.1 Å². The Hall–Kier alpha value is -3.09. The monoisotopic (exact) mass is 316 g/mol. The van der Waals surface area contributed by atoms with Crippen LogP contribution in [0.4, 0.5) is 11.6 Å². The first-order chi connectivity index (χ1) is 11.0. The van der Waals surface area contributed by atoms with E-state index in [2.05, 4.69) is 10.6 Å². The van der Waals surface area contributed by atoms with Gasteiger partial charge in [0.2, 0.25) is 5.91 Å². The summed E-state index contributed by atoms with van der Waals surface area (Å²) in [6.07, 6.45) is 0. The molecule has 0 aliphatic rings. The van der Waals surface area contributed by atoms with E-state index >= 15 is 0 Å². The van der Waals surface area contributed by atoms with Crippen LogP contribution < -0.4 is 10.6 Å². The molecule has 1 aromatic heterocycles. The molecule has 23 heavy (non-hydrogen) atoms. The number of furan rings is 1. The molecule has 0 atom stereocenters. The number of nitrogens with one attached hydrogen (secondary N) is 2. The molecular weight excluding hydrogens is 300 g/mol. The van der Waals surface area contributed by atoms with Crippen LogP contribution in [0.25, 0.3) is 0 Å². The lowest BCUT2D eigenvalue weighted by atomic mass is 10.1. The minimum atomic E-state index is -0.543. The van der Waals surface area contributed by atoms with Crippen LogP contribution in [-0.4, -0.2) is 24.4 Å². The van der Waals surface area contributed by atoms with Gasteiger partial charge in [0, 0.05) is 13.0 Å². The van der Waals surface area contributed by atoms with E-state index in [1.807, 2.05) is 0 Å². The Bertz CT molecular complexity index is 736. The normalized spacial score (nSPS) is 10.0. The molecule has 0 spiro atoms. The van der Waals surface area contributed by atoms with Crippen molar-refractivity contribution in [2.24, 2.45) is 0 Å². The van der Waals surface area contributed by atoms with Crippen molar-refractivity contribution in [1.82, 2.24) is 0 Å². The van der Waals surface area contributed by atoms with Crippen molar-refractivity contribution >= 4 is 29.4 Å². The number of para-hydroxylation sites is 1. The minimum absolute atomic E-state index is 0.00686. The van der Waals surface area contributed by atoms with Gasteiger partial charge in [-0.1, -0.05) is 12.1 Å². The van der Waals surface area contributed by atoms with E-state index < -0.39 is 11.9 Å². The predicted octanol–water partition coefficient (Wildman–Crippen LogP) is 2.67. The fourth-order valence-electron chi connectivity index (χ4n) is 1.86. The van der Waals surface area contributed by atoms with Crippen molar-refractivity contribution < 1.29 is 23.5 Å². The van der Waals surface area contributed by atoms with E-state index in [-0.39, 0.29) is 29.7 Å². The van der Waals surface area contributed by atoms with Gasteiger partial charge in [0.25, 0.3) is 5.91 Å². The van der Waals surface area contributed by atoms with E-state index in [1.54, 1.807) is 31.2 Å². The molecule has 0 fully saturated rings. The maximum Gasteiger partial charge on any atom is 0.340 e. The maximum atomic E-state index is 12.2. The first-order valence-corrected chi connectivity index (χ1v) is 6.96. The highest BCUT2D eigenvalue weighted by Gasteiger charge is 2.17. The average molecular weight is 316 g/mol. The van der Waals surface area contributed by atoms with E-state index in [1.165, 1.54) is 19.1 Å². The zero-order valence-electron chi connectivity index (χ0n) is 12.7. The third-order valence-electron chi connectivity index (χ3n) is 2.80. The van der Waals surface area contributed by atoms with Crippen LogP contribution in [0.3, 0.4) is 0 Å².